The van der Waals surface area contributed by atoms with Crippen molar-refractivity contribution in [3.05, 3.63) is 86.3 Å². The highest BCUT2D eigenvalue weighted by atomic mass is 79.9. The van der Waals surface area contributed by atoms with E-state index < -0.39 is 12.1 Å². The Morgan fingerprint density at radius 3 is 2.10 bits per heavy atom. The summed E-state index contributed by atoms with van der Waals surface area (Å²) in [6.45, 7) is -0.0192. The third-order valence-corrected chi connectivity index (χ3v) is 6.65. The molecule has 0 spiro atoms. The standard InChI is InChI=1S/C24H21Br2NO4/c25-21-10-14(11-22(26)23(21)29)9-15(12-28)27-24(30)31-13-20-18-7-3-1-5-16(18)17-6-2-4-8-19(17)20/h1-8,10-11,15,20,28-29H,9,12-13H2,(H,27,30)/t15-/m0/s1. The largest absolute Gasteiger partial charge is 0.506 e. The molecule has 0 heterocycles. The van der Waals surface area contributed by atoms with Crippen molar-refractivity contribution in [3.8, 4) is 16.9 Å². The van der Waals surface area contributed by atoms with Crippen molar-refractivity contribution < 1.29 is 19.7 Å². The number of benzene rings is 3. The van der Waals surface area contributed by atoms with Crippen LogP contribution in [-0.4, -0.2) is 35.6 Å². The molecule has 1 aliphatic rings. The molecule has 160 valence electrons. The van der Waals surface area contributed by atoms with E-state index in [9.17, 15) is 15.0 Å². The van der Waals surface area contributed by atoms with Gasteiger partial charge in [-0.15, -0.1) is 0 Å². The number of alkyl carbamates (subject to hydrolysis) is 1. The van der Waals surface area contributed by atoms with E-state index in [1.807, 2.05) is 24.3 Å². The molecule has 1 atom stereocenters. The fourth-order valence-electron chi connectivity index (χ4n) is 3.99. The predicted molar refractivity (Wildman–Crippen MR) is 126 cm³/mol. The maximum atomic E-state index is 12.5. The number of rotatable bonds is 6. The Balaban J connectivity index is 1.41. The molecule has 0 bridgehead atoms. The van der Waals surface area contributed by atoms with Gasteiger partial charge in [-0.05, 0) is 78.2 Å². The Kier molecular flexibility index (Phi) is 6.65. The van der Waals surface area contributed by atoms with E-state index in [0.717, 1.165) is 16.7 Å². The lowest BCUT2D eigenvalue weighted by molar-refractivity contribution is 0.132. The average molecular weight is 547 g/mol. The number of aliphatic hydroxyl groups excluding tert-OH is 1. The van der Waals surface area contributed by atoms with Gasteiger partial charge in [0.25, 0.3) is 0 Å². The second kappa shape index (κ2) is 9.42. The number of phenols is 1. The zero-order valence-corrected chi connectivity index (χ0v) is 19.7. The van der Waals surface area contributed by atoms with Gasteiger partial charge in [0, 0.05) is 5.92 Å². The normalized spacial score (nSPS) is 13.4. The van der Waals surface area contributed by atoms with E-state index in [0.29, 0.717) is 15.4 Å². The number of fused-ring (bicyclic) bond motifs is 3. The summed E-state index contributed by atoms with van der Waals surface area (Å²) in [6, 6.07) is 19.3. The number of carbonyl (C=O) groups is 1. The predicted octanol–water partition coefficient (Wildman–Crippen LogP) is 5.36. The third-order valence-electron chi connectivity index (χ3n) is 5.44. The summed E-state index contributed by atoms with van der Waals surface area (Å²) in [4.78, 5) is 12.5. The average Bonchev–Trinajstić information content (AvgIpc) is 3.09. The smallest absolute Gasteiger partial charge is 0.407 e. The zero-order chi connectivity index (χ0) is 22.0. The van der Waals surface area contributed by atoms with Crippen LogP contribution >= 0.6 is 31.9 Å². The van der Waals surface area contributed by atoms with Crippen molar-refractivity contribution in [3.63, 3.8) is 0 Å². The van der Waals surface area contributed by atoms with E-state index in [1.165, 1.54) is 11.1 Å². The lowest BCUT2D eigenvalue weighted by atomic mass is 9.98. The van der Waals surface area contributed by atoms with Crippen molar-refractivity contribution in [2.75, 3.05) is 13.2 Å². The quantitative estimate of drug-likeness (QED) is 0.389. The van der Waals surface area contributed by atoms with Crippen LogP contribution in [0.2, 0.25) is 0 Å². The molecule has 0 saturated carbocycles. The number of aromatic hydroxyl groups is 1. The molecule has 4 rings (SSSR count). The van der Waals surface area contributed by atoms with Gasteiger partial charge in [0.1, 0.15) is 12.4 Å². The number of ether oxygens (including phenoxy) is 1. The number of carbonyl (C=O) groups excluding carboxylic acids is 1. The van der Waals surface area contributed by atoms with Crippen LogP contribution in [0.5, 0.6) is 5.75 Å². The Morgan fingerprint density at radius 2 is 1.55 bits per heavy atom. The molecule has 0 fully saturated rings. The Bertz CT molecular complexity index is 1050. The van der Waals surface area contributed by atoms with Gasteiger partial charge in [-0.3, -0.25) is 0 Å². The van der Waals surface area contributed by atoms with Crippen LogP contribution in [-0.2, 0) is 11.2 Å². The van der Waals surface area contributed by atoms with Crippen LogP contribution in [0.25, 0.3) is 11.1 Å². The van der Waals surface area contributed by atoms with Gasteiger partial charge in [0.05, 0.1) is 21.6 Å². The monoisotopic (exact) mass is 545 g/mol. The number of halogens is 2. The fraction of sp³-hybridized carbons (Fsp3) is 0.208. The van der Waals surface area contributed by atoms with Crippen molar-refractivity contribution in [2.45, 2.75) is 18.4 Å². The molecule has 3 aromatic rings. The van der Waals surface area contributed by atoms with Crippen LogP contribution in [0.1, 0.15) is 22.6 Å². The molecular weight excluding hydrogens is 526 g/mol. The molecule has 3 N–H and O–H groups in total. The van der Waals surface area contributed by atoms with E-state index in [2.05, 4.69) is 61.4 Å². The second-order valence-corrected chi connectivity index (χ2v) is 9.17. The highest BCUT2D eigenvalue weighted by molar-refractivity contribution is 9.11. The number of phenolic OH excluding ortho intramolecular Hbond substituents is 1. The van der Waals surface area contributed by atoms with Crippen LogP contribution in [0.15, 0.2) is 69.6 Å². The first-order valence-corrected chi connectivity index (χ1v) is 11.5. The van der Waals surface area contributed by atoms with Crippen molar-refractivity contribution in [1.29, 1.82) is 0 Å². The van der Waals surface area contributed by atoms with Gasteiger partial charge < -0.3 is 20.3 Å². The van der Waals surface area contributed by atoms with Gasteiger partial charge in [-0.1, -0.05) is 48.5 Å². The van der Waals surface area contributed by atoms with E-state index in [-0.39, 0.29) is 24.9 Å². The molecule has 0 aromatic heterocycles. The van der Waals surface area contributed by atoms with E-state index >= 15 is 0 Å². The molecule has 0 radical (unpaired) electrons. The highest BCUT2D eigenvalue weighted by Gasteiger charge is 2.29. The zero-order valence-electron chi connectivity index (χ0n) is 16.5. The maximum absolute atomic E-state index is 12.5. The van der Waals surface area contributed by atoms with Crippen molar-refractivity contribution >= 4 is 38.0 Å². The van der Waals surface area contributed by atoms with Gasteiger partial charge in [-0.25, -0.2) is 4.79 Å². The summed E-state index contributed by atoms with van der Waals surface area (Å²) in [5, 5.41) is 22.3. The molecule has 1 amide bonds. The van der Waals surface area contributed by atoms with Gasteiger partial charge in [0.15, 0.2) is 0 Å². The van der Waals surface area contributed by atoms with Crippen LogP contribution in [0.4, 0.5) is 4.79 Å². The molecule has 31 heavy (non-hydrogen) atoms. The minimum absolute atomic E-state index is 0.0188. The number of hydrogen-bond donors (Lipinski definition) is 3. The first kappa shape index (κ1) is 21.9. The Morgan fingerprint density at radius 1 is 1.00 bits per heavy atom. The number of nitrogens with one attached hydrogen (secondary N) is 1. The highest BCUT2D eigenvalue weighted by Crippen LogP contribution is 2.44. The van der Waals surface area contributed by atoms with Gasteiger partial charge in [0.2, 0.25) is 0 Å². The molecule has 0 unspecified atom stereocenters. The SMILES string of the molecule is O=C(N[C@H](CO)Cc1cc(Br)c(O)c(Br)c1)OCC1c2ccccc2-c2ccccc21. The van der Waals surface area contributed by atoms with E-state index in [1.54, 1.807) is 12.1 Å². The molecule has 7 heteroatoms. The summed E-state index contributed by atoms with van der Waals surface area (Å²) in [5.74, 6) is 0.0866. The van der Waals surface area contributed by atoms with Crippen LogP contribution in [0.3, 0.4) is 0 Å². The maximum Gasteiger partial charge on any atom is 0.407 e. The Hall–Kier alpha value is -2.35. The Labute approximate surface area is 197 Å². The third kappa shape index (κ3) is 4.63. The summed E-state index contributed by atoms with van der Waals surface area (Å²) in [6.07, 6.45) is -0.184. The number of amides is 1. The van der Waals surface area contributed by atoms with Crippen molar-refractivity contribution in [1.82, 2.24) is 5.32 Å². The molecule has 3 aromatic carbocycles. The summed E-state index contributed by atoms with van der Waals surface area (Å²) in [5.41, 5.74) is 5.48. The topological polar surface area (TPSA) is 78.8 Å². The lowest BCUT2D eigenvalue weighted by Crippen LogP contribution is -2.39. The van der Waals surface area contributed by atoms with Crippen molar-refractivity contribution in [2.24, 2.45) is 0 Å². The summed E-state index contributed by atoms with van der Waals surface area (Å²) < 4.78 is 6.63. The minimum Gasteiger partial charge on any atom is -0.506 e. The molecule has 5 nitrogen and oxygen atoms in total. The first-order chi connectivity index (χ1) is 15.0. The van der Waals surface area contributed by atoms with Crippen LogP contribution in [0, 0.1) is 0 Å². The summed E-state index contributed by atoms with van der Waals surface area (Å²) >= 11 is 6.59. The van der Waals surface area contributed by atoms with Gasteiger partial charge >= 0.3 is 6.09 Å². The minimum atomic E-state index is -0.571. The molecular formula is C24H21Br2NO4. The molecule has 0 saturated heterocycles. The summed E-state index contributed by atoms with van der Waals surface area (Å²) in [7, 11) is 0. The van der Waals surface area contributed by atoms with Gasteiger partial charge in [-0.2, -0.15) is 0 Å². The number of hydrogen-bond acceptors (Lipinski definition) is 4. The number of aliphatic hydroxyl groups is 1. The van der Waals surface area contributed by atoms with Crippen LogP contribution < -0.4 is 5.32 Å². The lowest BCUT2D eigenvalue weighted by Gasteiger charge is -2.19. The van der Waals surface area contributed by atoms with E-state index in [4.69, 9.17) is 4.74 Å². The second-order valence-electron chi connectivity index (χ2n) is 7.46. The molecule has 1 aliphatic carbocycles. The first-order valence-electron chi connectivity index (χ1n) is 9.87. The fourth-order valence-corrected chi connectivity index (χ4v) is 5.27. The molecule has 0 aliphatic heterocycles.